The van der Waals surface area contributed by atoms with Gasteiger partial charge < -0.3 is 4.74 Å². The van der Waals surface area contributed by atoms with Gasteiger partial charge in [-0.05, 0) is 92.1 Å². The van der Waals surface area contributed by atoms with Gasteiger partial charge in [-0.1, -0.05) is 57.0 Å². The van der Waals surface area contributed by atoms with E-state index in [1.54, 1.807) is 12.1 Å². The predicted octanol–water partition coefficient (Wildman–Crippen LogP) is 8.23. The molecule has 5 rings (SSSR count). The third-order valence-electron chi connectivity index (χ3n) is 7.61. The third-order valence-corrected chi connectivity index (χ3v) is 7.85. The van der Waals surface area contributed by atoms with Gasteiger partial charge in [-0.2, -0.15) is 5.10 Å². The molecule has 3 nitrogen and oxygen atoms in total. The Hall–Kier alpha value is -2.43. The summed E-state index contributed by atoms with van der Waals surface area (Å²) in [4.78, 5) is 0. The van der Waals surface area contributed by atoms with Gasteiger partial charge in [0.15, 0.2) is 0 Å². The van der Waals surface area contributed by atoms with Crippen LogP contribution in [0.15, 0.2) is 60.3 Å². The molecule has 186 valence electrons. The van der Waals surface area contributed by atoms with Crippen LogP contribution in [0.25, 0.3) is 11.8 Å². The Labute approximate surface area is 214 Å². The van der Waals surface area contributed by atoms with Crippen LogP contribution in [0, 0.1) is 11.2 Å². The van der Waals surface area contributed by atoms with Crippen molar-refractivity contribution in [2.75, 3.05) is 6.61 Å². The zero-order chi connectivity index (χ0) is 25.1. The summed E-state index contributed by atoms with van der Waals surface area (Å²) in [6.45, 7) is 9.31. The molecule has 0 amide bonds. The van der Waals surface area contributed by atoms with Crippen molar-refractivity contribution in [1.82, 2.24) is 9.78 Å². The molecule has 5 heteroatoms. The number of rotatable bonds is 7. The first-order chi connectivity index (χ1) is 16.9. The summed E-state index contributed by atoms with van der Waals surface area (Å²) in [6.07, 6.45) is 10.1. The molecule has 1 fully saturated rings. The number of benzene rings is 2. The van der Waals surface area contributed by atoms with Crippen molar-refractivity contribution in [2.24, 2.45) is 5.41 Å². The van der Waals surface area contributed by atoms with Crippen LogP contribution in [0.1, 0.15) is 70.2 Å². The molecule has 35 heavy (non-hydrogen) atoms. The van der Waals surface area contributed by atoms with Crippen LogP contribution in [0.2, 0.25) is 5.02 Å². The van der Waals surface area contributed by atoms with Crippen LogP contribution in [-0.4, -0.2) is 22.0 Å². The van der Waals surface area contributed by atoms with E-state index < -0.39 is 0 Å². The van der Waals surface area contributed by atoms with Crippen LogP contribution >= 0.6 is 11.6 Å². The molecule has 0 spiro atoms. The lowest BCUT2D eigenvalue weighted by Crippen LogP contribution is -2.48. The highest BCUT2D eigenvalue weighted by Gasteiger charge is 2.56. The minimum absolute atomic E-state index is 0.0790. The lowest BCUT2D eigenvalue weighted by molar-refractivity contribution is -0.108. The first-order valence-electron chi connectivity index (χ1n) is 12.9. The fourth-order valence-electron chi connectivity index (χ4n) is 5.74. The minimum Gasteiger partial charge on any atom is -0.374 e. The zero-order valence-electron chi connectivity index (χ0n) is 21.3. The van der Waals surface area contributed by atoms with Gasteiger partial charge in [0.1, 0.15) is 5.82 Å². The maximum Gasteiger partial charge on any atom is 0.123 e. The number of hydrogen-bond acceptors (Lipinski definition) is 2. The fraction of sp³-hybridized carbons (Fsp3) is 0.433. The molecule has 2 aliphatic rings. The summed E-state index contributed by atoms with van der Waals surface area (Å²) in [6, 6.07) is 14.7. The quantitative estimate of drug-likeness (QED) is 0.330. The van der Waals surface area contributed by atoms with Gasteiger partial charge >= 0.3 is 0 Å². The van der Waals surface area contributed by atoms with Crippen molar-refractivity contribution in [1.29, 1.82) is 0 Å². The topological polar surface area (TPSA) is 27.1 Å². The number of aromatic nitrogens is 2. The standard InChI is InChI=1S/C28H30ClFN2O.C2H6/c1-3-15-33-28(13-11-20-5-4-6-23(29)16-20)14-12-22-17-26-21(18-27(22,28)2)19-31-32(26)25-9-7-24(30)8-10-25;1-2/h4-10,16-17,19H,3,11-15,18H2,1-2H3;1-2H3. The second kappa shape index (κ2) is 10.7. The van der Waals surface area contributed by atoms with E-state index in [1.165, 1.54) is 28.8 Å². The van der Waals surface area contributed by atoms with Gasteiger partial charge in [-0.3, -0.25) is 0 Å². The molecule has 0 bridgehead atoms. The van der Waals surface area contributed by atoms with E-state index >= 15 is 0 Å². The van der Waals surface area contributed by atoms with Crippen molar-refractivity contribution >= 4 is 17.7 Å². The third kappa shape index (κ3) is 4.83. The molecule has 2 aliphatic carbocycles. The number of aryl methyl sites for hydroxylation is 1. The SMILES string of the molecule is CC.CCCOC1(CCc2cccc(Cl)c2)CCC2=Cc3c(cnn3-c3ccc(F)cc3)CC21C. The summed E-state index contributed by atoms with van der Waals surface area (Å²) < 4.78 is 22.1. The molecule has 2 atom stereocenters. The Morgan fingerprint density at radius 3 is 2.63 bits per heavy atom. The highest BCUT2D eigenvalue weighted by molar-refractivity contribution is 6.30. The van der Waals surface area contributed by atoms with Crippen molar-refractivity contribution in [3.63, 3.8) is 0 Å². The van der Waals surface area contributed by atoms with E-state index in [4.69, 9.17) is 16.3 Å². The maximum atomic E-state index is 13.4. The molecule has 2 unspecified atom stereocenters. The number of ether oxygens (including phenoxy) is 1. The maximum absolute atomic E-state index is 13.4. The largest absolute Gasteiger partial charge is 0.374 e. The normalized spacial score (nSPS) is 22.6. The van der Waals surface area contributed by atoms with Gasteiger partial charge in [-0.15, -0.1) is 0 Å². The molecular formula is C30H36ClFN2O. The molecule has 0 radical (unpaired) electrons. The first-order valence-corrected chi connectivity index (χ1v) is 13.2. The van der Waals surface area contributed by atoms with Gasteiger partial charge in [0.25, 0.3) is 0 Å². The van der Waals surface area contributed by atoms with Gasteiger partial charge in [0, 0.05) is 17.0 Å². The lowest BCUT2D eigenvalue weighted by Gasteiger charge is -2.46. The molecule has 1 heterocycles. The monoisotopic (exact) mass is 494 g/mol. The molecular weight excluding hydrogens is 459 g/mol. The highest BCUT2D eigenvalue weighted by atomic mass is 35.5. The van der Waals surface area contributed by atoms with Crippen molar-refractivity contribution in [3.8, 4) is 5.69 Å². The molecule has 3 aromatic rings. The average molecular weight is 495 g/mol. The van der Waals surface area contributed by atoms with Crippen LogP contribution in [0.3, 0.4) is 0 Å². The Balaban J connectivity index is 0.00000141. The zero-order valence-corrected chi connectivity index (χ0v) is 22.0. The molecule has 0 saturated heterocycles. The van der Waals surface area contributed by atoms with E-state index in [0.717, 1.165) is 61.5 Å². The van der Waals surface area contributed by atoms with Crippen molar-refractivity contribution in [2.45, 2.75) is 71.8 Å². The number of hydrogen-bond donors (Lipinski definition) is 0. The van der Waals surface area contributed by atoms with Gasteiger partial charge in [0.05, 0.1) is 23.2 Å². The number of fused-ring (bicyclic) bond motifs is 2. The van der Waals surface area contributed by atoms with Crippen LogP contribution in [-0.2, 0) is 17.6 Å². The molecule has 1 aromatic heterocycles. The number of halogens is 2. The van der Waals surface area contributed by atoms with E-state index in [-0.39, 0.29) is 16.8 Å². The molecule has 2 aromatic carbocycles. The average Bonchev–Trinajstić information content (AvgIpc) is 3.39. The van der Waals surface area contributed by atoms with Crippen molar-refractivity contribution in [3.05, 3.63) is 88.0 Å². The Bertz CT molecular complexity index is 1190. The van der Waals surface area contributed by atoms with E-state index in [9.17, 15) is 4.39 Å². The first kappa shape index (κ1) is 25.7. The summed E-state index contributed by atoms with van der Waals surface area (Å²) in [5.74, 6) is -0.237. The van der Waals surface area contributed by atoms with Gasteiger partial charge in [0.2, 0.25) is 0 Å². The molecule has 0 aliphatic heterocycles. The van der Waals surface area contributed by atoms with E-state index in [2.05, 4.69) is 37.2 Å². The molecule has 1 saturated carbocycles. The predicted molar refractivity (Wildman–Crippen MR) is 143 cm³/mol. The van der Waals surface area contributed by atoms with E-state index in [0.29, 0.717) is 0 Å². The van der Waals surface area contributed by atoms with Crippen molar-refractivity contribution < 1.29 is 9.13 Å². The van der Waals surface area contributed by atoms with E-state index in [1.807, 2.05) is 36.9 Å². The Kier molecular flexibility index (Phi) is 7.83. The second-order valence-electron chi connectivity index (χ2n) is 9.59. The Morgan fingerprint density at radius 1 is 1.14 bits per heavy atom. The van der Waals surface area contributed by atoms with Gasteiger partial charge in [-0.25, -0.2) is 9.07 Å². The summed E-state index contributed by atoms with van der Waals surface area (Å²) in [5.41, 5.74) is 5.60. The Morgan fingerprint density at radius 2 is 1.91 bits per heavy atom. The van der Waals surface area contributed by atoms with Crippen LogP contribution in [0.4, 0.5) is 4.39 Å². The summed E-state index contributed by atoms with van der Waals surface area (Å²) >= 11 is 6.24. The summed E-state index contributed by atoms with van der Waals surface area (Å²) in [7, 11) is 0. The lowest BCUT2D eigenvalue weighted by atomic mass is 9.65. The second-order valence-corrected chi connectivity index (χ2v) is 10.0. The van der Waals surface area contributed by atoms with Crippen LogP contribution in [0.5, 0.6) is 0 Å². The smallest absolute Gasteiger partial charge is 0.123 e. The highest BCUT2D eigenvalue weighted by Crippen LogP contribution is 2.58. The fourth-order valence-corrected chi connectivity index (χ4v) is 5.96. The minimum atomic E-state index is -0.237. The number of nitrogens with zero attached hydrogens (tertiary/aromatic N) is 2. The summed E-state index contributed by atoms with van der Waals surface area (Å²) in [5, 5.41) is 5.45. The molecule has 0 N–H and O–H groups in total. The van der Waals surface area contributed by atoms with Crippen LogP contribution < -0.4 is 0 Å².